The third-order valence-corrected chi connectivity index (χ3v) is 7.78. The Bertz CT molecular complexity index is 1340. The van der Waals surface area contributed by atoms with E-state index in [0.717, 1.165) is 4.70 Å². The number of hydrogen-bond acceptors (Lipinski definition) is 8. The van der Waals surface area contributed by atoms with E-state index in [1.165, 1.54) is 11.3 Å². The summed E-state index contributed by atoms with van der Waals surface area (Å²) >= 11 is 1.26. The van der Waals surface area contributed by atoms with Crippen LogP contribution >= 0.6 is 11.3 Å². The zero-order valence-electron chi connectivity index (χ0n) is 22.9. The molecular formula is C29H35N5O5S. The largest absolute Gasteiger partial charge is 0.495 e. The SMILES string of the molecule is COc1ccccc1NCC(=O)N[C@@H](CC(C)C)C(=O)N[C@H](C[C@@H]1CCNC1=O)C(=O)c1nc2ccccc2s1. The van der Waals surface area contributed by atoms with Gasteiger partial charge in [-0.1, -0.05) is 38.1 Å². The van der Waals surface area contributed by atoms with Crippen LogP contribution in [0.25, 0.3) is 10.2 Å². The average Bonchev–Trinajstić information content (AvgIpc) is 3.56. The molecule has 0 unspecified atom stereocenters. The molecule has 11 heteroatoms. The average molecular weight is 566 g/mol. The van der Waals surface area contributed by atoms with Crippen molar-refractivity contribution >= 4 is 50.7 Å². The Morgan fingerprint density at radius 1 is 1.07 bits per heavy atom. The molecule has 1 saturated heterocycles. The number of methoxy groups -OCH3 is 1. The number of anilines is 1. The predicted molar refractivity (Wildman–Crippen MR) is 154 cm³/mol. The number of fused-ring (bicyclic) bond motifs is 1. The van der Waals surface area contributed by atoms with Crippen LogP contribution in [0.3, 0.4) is 0 Å². The van der Waals surface area contributed by atoms with Crippen LogP contribution in [0.1, 0.15) is 42.9 Å². The van der Waals surface area contributed by atoms with E-state index >= 15 is 0 Å². The molecule has 1 fully saturated rings. The molecular weight excluding hydrogens is 530 g/mol. The van der Waals surface area contributed by atoms with Crippen molar-refractivity contribution in [3.63, 3.8) is 0 Å². The number of aromatic nitrogens is 1. The number of ether oxygens (including phenoxy) is 1. The Morgan fingerprint density at radius 3 is 2.52 bits per heavy atom. The maximum Gasteiger partial charge on any atom is 0.243 e. The Kier molecular flexibility index (Phi) is 9.70. The van der Waals surface area contributed by atoms with Crippen LogP contribution in [0.2, 0.25) is 0 Å². The second-order valence-corrected chi connectivity index (χ2v) is 11.3. The highest BCUT2D eigenvalue weighted by atomic mass is 32.1. The van der Waals surface area contributed by atoms with Crippen molar-refractivity contribution in [1.82, 2.24) is 20.9 Å². The lowest BCUT2D eigenvalue weighted by molar-refractivity contribution is -0.129. The number of amides is 3. The Labute approximate surface area is 237 Å². The van der Waals surface area contributed by atoms with Gasteiger partial charge in [0.25, 0.3) is 0 Å². The molecule has 4 N–H and O–H groups in total. The van der Waals surface area contributed by atoms with E-state index in [1.807, 2.05) is 50.2 Å². The van der Waals surface area contributed by atoms with Gasteiger partial charge >= 0.3 is 0 Å². The number of benzene rings is 2. The van der Waals surface area contributed by atoms with Crippen LogP contribution in [0.4, 0.5) is 5.69 Å². The summed E-state index contributed by atoms with van der Waals surface area (Å²) in [6, 6.07) is 12.8. The van der Waals surface area contributed by atoms with Crippen molar-refractivity contribution < 1.29 is 23.9 Å². The second-order valence-electron chi connectivity index (χ2n) is 10.2. The van der Waals surface area contributed by atoms with E-state index in [-0.39, 0.29) is 41.5 Å². The molecule has 0 saturated carbocycles. The topological polar surface area (TPSA) is 139 Å². The van der Waals surface area contributed by atoms with Gasteiger partial charge in [-0.3, -0.25) is 19.2 Å². The molecule has 3 atom stereocenters. The first-order valence-corrected chi connectivity index (χ1v) is 14.2. The van der Waals surface area contributed by atoms with Crippen LogP contribution in [-0.2, 0) is 14.4 Å². The first kappa shape index (κ1) is 29.0. The van der Waals surface area contributed by atoms with Gasteiger partial charge in [0.05, 0.1) is 35.6 Å². The van der Waals surface area contributed by atoms with Gasteiger partial charge in [-0.2, -0.15) is 0 Å². The Hall–Kier alpha value is -3.99. The van der Waals surface area contributed by atoms with Crippen molar-refractivity contribution in [3.05, 3.63) is 53.5 Å². The smallest absolute Gasteiger partial charge is 0.243 e. The number of nitrogens with zero attached hydrogens (tertiary/aromatic N) is 1. The van der Waals surface area contributed by atoms with Crippen LogP contribution in [0.5, 0.6) is 5.75 Å². The van der Waals surface area contributed by atoms with Crippen LogP contribution in [0, 0.1) is 11.8 Å². The van der Waals surface area contributed by atoms with E-state index < -0.39 is 23.9 Å². The molecule has 1 aliphatic heterocycles. The van der Waals surface area contributed by atoms with Gasteiger partial charge in [0.15, 0.2) is 5.01 Å². The van der Waals surface area contributed by atoms with Gasteiger partial charge in [-0.15, -0.1) is 11.3 Å². The van der Waals surface area contributed by atoms with Crippen LogP contribution < -0.4 is 26.0 Å². The molecule has 3 aromatic rings. The highest BCUT2D eigenvalue weighted by Crippen LogP contribution is 2.25. The molecule has 0 spiro atoms. The summed E-state index contributed by atoms with van der Waals surface area (Å²) in [6.45, 7) is 4.36. The molecule has 2 aromatic carbocycles. The molecule has 1 aliphatic rings. The molecule has 0 radical (unpaired) electrons. The fraction of sp³-hybridized carbons (Fsp3) is 0.414. The van der Waals surface area contributed by atoms with E-state index in [2.05, 4.69) is 26.3 Å². The van der Waals surface area contributed by atoms with Gasteiger partial charge in [-0.05, 0) is 49.4 Å². The number of para-hydroxylation sites is 3. The van der Waals surface area contributed by atoms with E-state index in [0.29, 0.717) is 36.3 Å². The minimum Gasteiger partial charge on any atom is -0.495 e. The van der Waals surface area contributed by atoms with E-state index in [4.69, 9.17) is 4.74 Å². The summed E-state index contributed by atoms with van der Waals surface area (Å²) in [4.78, 5) is 56.8. The summed E-state index contributed by atoms with van der Waals surface area (Å²) in [5.41, 5.74) is 1.35. The molecule has 212 valence electrons. The van der Waals surface area contributed by atoms with Crippen molar-refractivity contribution in [2.45, 2.75) is 45.2 Å². The number of carbonyl (C=O) groups excluding carboxylic acids is 4. The zero-order chi connectivity index (χ0) is 28.6. The third kappa shape index (κ3) is 7.35. The van der Waals surface area contributed by atoms with Gasteiger partial charge in [0, 0.05) is 12.5 Å². The first-order valence-electron chi connectivity index (χ1n) is 13.4. The van der Waals surface area contributed by atoms with E-state index in [9.17, 15) is 19.2 Å². The van der Waals surface area contributed by atoms with Crippen molar-refractivity contribution in [1.29, 1.82) is 0 Å². The summed E-state index contributed by atoms with van der Waals surface area (Å²) < 4.78 is 6.17. The van der Waals surface area contributed by atoms with E-state index in [1.54, 1.807) is 19.2 Å². The highest BCUT2D eigenvalue weighted by Gasteiger charge is 2.34. The third-order valence-electron chi connectivity index (χ3n) is 6.73. The maximum absolute atomic E-state index is 13.6. The minimum atomic E-state index is -0.958. The first-order chi connectivity index (χ1) is 19.2. The Balaban J connectivity index is 1.48. The van der Waals surface area contributed by atoms with Gasteiger partial charge in [-0.25, -0.2) is 4.98 Å². The number of hydrogen-bond donors (Lipinski definition) is 4. The number of Topliss-reactive ketones (excluding diaryl/α,β-unsaturated/α-hetero) is 1. The lowest BCUT2D eigenvalue weighted by Crippen LogP contribution is -2.53. The molecule has 0 bridgehead atoms. The highest BCUT2D eigenvalue weighted by molar-refractivity contribution is 7.20. The number of carbonyl (C=O) groups is 4. The zero-order valence-corrected chi connectivity index (χ0v) is 23.7. The lowest BCUT2D eigenvalue weighted by atomic mass is 9.95. The number of thiazole rings is 1. The molecule has 4 rings (SSSR count). The van der Waals surface area contributed by atoms with Crippen molar-refractivity contribution in [2.75, 3.05) is 25.5 Å². The molecule has 40 heavy (non-hydrogen) atoms. The molecule has 10 nitrogen and oxygen atoms in total. The van der Waals surface area contributed by atoms with Gasteiger partial charge in [0.2, 0.25) is 23.5 Å². The summed E-state index contributed by atoms with van der Waals surface area (Å²) in [7, 11) is 1.55. The van der Waals surface area contributed by atoms with Gasteiger partial charge < -0.3 is 26.0 Å². The second kappa shape index (κ2) is 13.4. The number of nitrogens with one attached hydrogen (secondary N) is 4. The fourth-order valence-corrected chi connectivity index (χ4v) is 5.66. The number of ketones is 1. The standard InChI is InChI=1S/C29H35N5O5S/c1-17(2)14-22(32-25(35)16-31-19-8-4-6-10-23(19)39-3)28(38)33-21(15-18-12-13-30-27(18)37)26(36)29-34-20-9-5-7-11-24(20)40-29/h4-11,17-18,21-22,31H,12-16H2,1-3H3,(H,30,37)(H,32,35)(H,33,38)/t18-,21+,22-/m0/s1. The normalized spacial score (nSPS) is 16.3. The monoisotopic (exact) mass is 565 g/mol. The van der Waals surface area contributed by atoms with Gasteiger partial charge in [0.1, 0.15) is 11.8 Å². The maximum atomic E-state index is 13.6. The molecule has 0 aliphatic carbocycles. The summed E-state index contributed by atoms with van der Waals surface area (Å²) in [5, 5.41) is 11.8. The number of rotatable bonds is 13. The van der Waals surface area contributed by atoms with Crippen molar-refractivity contribution in [2.24, 2.45) is 11.8 Å². The predicted octanol–water partition coefficient (Wildman–Crippen LogP) is 3.14. The molecule has 2 heterocycles. The van der Waals surface area contributed by atoms with Crippen LogP contribution in [0.15, 0.2) is 48.5 Å². The summed E-state index contributed by atoms with van der Waals surface area (Å²) in [6.07, 6.45) is 1.11. The lowest BCUT2D eigenvalue weighted by Gasteiger charge is -2.25. The molecule has 3 amide bonds. The quantitative estimate of drug-likeness (QED) is 0.234. The minimum absolute atomic E-state index is 0.0709. The van der Waals surface area contributed by atoms with Crippen molar-refractivity contribution in [3.8, 4) is 5.75 Å². The fourth-order valence-electron chi connectivity index (χ4n) is 4.70. The molecule has 1 aromatic heterocycles. The van der Waals surface area contributed by atoms with Crippen LogP contribution in [-0.4, -0.2) is 60.8 Å². The Morgan fingerprint density at radius 2 is 1.82 bits per heavy atom. The summed E-state index contributed by atoms with van der Waals surface area (Å²) in [5.74, 6) is -1.04.